The second kappa shape index (κ2) is 7.31. The molecule has 0 aliphatic carbocycles. The molecule has 0 radical (unpaired) electrons. The number of ether oxygens (including phenoxy) is 2. The molecule has 1 aromatic carbocycles. The Balaban J connectivity index is 2.96. The van der Waals surface area contributed by atoms with Gasteiger partial charge in [-0.05, 0) is 43.5 Å². The molecule has 0 heterocycles. The molecule has 3 N–H and O–H groups in total. The average Bonchev–Trinajstić information content (AvgIpc) is 2.44. The van der Waals surface area contributed by atoms with Crippen molar-refractivity contribution in [2.75, 3.05) is 20.8 Å². The van der Waals surface area contributed by atoms with Crippen LogP contribution in [0.15, 0.2) is 18.2 Å². The number of carbonyl (C=O) groups is 1. The minimum atomic E-state index is -0.788. The fourth-order valence-electron chi connectivity index (χ4n) is 2.06. The Morgan fingerprint density at radius 2 is 1.90 bits per heavy atom. The van der Waals surface area contributed by atoms with Crippen LogP contribution in [0.25, 0.3) is 0 Å². The smallest absolute Gasteiger partial charge is 0.237 e. The summed E-state index contributed by atoms with van der Waals surface area (Å²) < 4.78 is 10.5. The third kappa shape index (κ3) is 4.63. The summed E-state index contributed by atoms with van der Waals surface area (Å²) in [5, 5.41) is 3.26. The topological polar surface area (TPSA) is 73.6 Å². The number of hydrogen-bond acceptors (Lipinski definition) is 4. The molecule has 0 fully saturated rings. The molecule has 0 saturated carbocycles. The van der Waals surface area contributed by atoms with Gasteiger partial charge in [0, 0.05) is 0 Å². The Morgan fingerprint density at radius 1 is 1.29 bits per heavy atom. The van der Waals surface area contributed by atoms with E-state index in [1.807, 2.05) is 25.1 Å². The molecule has 5 heteroatoms. The number of hydrogen-bond donors (Lipinski definition) is 2. The summed E-state index contributed by atoms with van der Waals surface area (Å²) in [5.74, 6) is 1.38. The van der Waals surface area contributed by atoms with Crippen molar-refractivity contribution in [1.29, 1.82) is 0 Å². The van der Waals surface area contributed by atoms with E-state index in [9.17, 15) is 4.79 Å². The van der Waals surface area contributed by atoms with Crippen molar-refractivity contribution >= 4 is 5.91 Å². The van der Waals surface area contributed by atoms with Crippen LogP contribution in [0.1, 0.15) is 26.3 Å². The summed E-state index contributed by atoms with van der Waals surface area (Å²) in [7, 11) is 3.18. The van der Waals surface area contributed by atoms with Crippen molar-refractivity contribution in [3.63, 3.8) is 0 Å². The molecule has 0 aliphatic rings. The molecule has 0 bridgehead atoms. The molecule has 1 amide bonds. The van der Waals surface area contributed by atoms with Crippen LogP contribution in [0.2, 0.25) is 0 Å². The minimum absolute atomic E-state index is 0.363. The molecule has 0 aliphatic heterocycles. The maximum atomic E-state index is 11.8. The number of nitrogens with one attached hydrogen (secondary N) is 1. The lowest BCUT2D eigenvalue weighted by Crippen LogP contribution is -2.55. The lowest BCUT2D eigenvalue weighted by Gasteiger charge is -2.29. The zero-order valence-electron chi connectivity index (χ0n) is 13.5. The Labute approximate surface area is 126 Å². The molecule has 0 aromatic heterocycles. The molecule has 0 saturated heterocycles. The second-order valence-electron chi connectivity index (χ2n) is 5.84. The van der Waals surface area contributed by atoms with Gasteiger partial charge in [-0.25, -0.2) is 0 Å². The Bertz CT molecular complexity index is 488. The first kappa shape index (κ1) is 17.3. The van der Waals surface area contributed by atoms with Gasteiger partial charge < -0.3 is 20.5 Å². The molecule has 21 heavy (non-hydrogen) atoms. The number of primary amides is 1. The molecular formula is C16H26N2O3. The molecule has 1 unspecified atom stereocenters. The lowest BCUT2D eigenvalue weighted by molar-refractivity contribution is -0.123. The average molecular weight is 294 g/mol. The lowest BCUT2D eigenvalue weighted by atomic mass is 9.91. The number of amides is 1. The Hall–Kier alpha value is -1.75. The summed E-state index contributed by atoms with van der Waals surface area (Å²) in [4.78, 5) is 11.8. The zero-order valence-corrected chi connectivity index (χ0v) is 13.5. The Kier molecular flexibility index (Phi) is 6.03. The molecule has 1 atom stereocenters. The van der Waals surface area contributed by atoms with Crippen LogP contribution in [-0.4, -0.2) is 32.2 Å². The molecule has 0 spiro atoms. The summed E-state index contributed by atoms with van der Waals surface area (Å²) in [6.45, 7) is 6.73. The van der Waals surface area contributed by atoms with Crippen molar-refractivity contribution in [1.82, 2.24) is 5.32 Å². The van der Waals surface area contributed by atoms with Crippen molar-refractivity contribution in [2.24, 2.45) is 11.7 Å². The number of carbonyl (C=O) groups excluding carboxylic acids is 1. The van der Waals surface area contributed by atoms with E-state index >= 15 is 0 Å². The number of rotatable bonds is 8. The van der Waals surface area contributed by atoms with Gasteiger partial charge in [-0.2, -0.15) is 0 Å². The first-order valence-corrected chi connectivity index (χ1v) is 7.08. The van der Waals surface area contributed by atoms with Crippen LogP contribution < -0.4 is 20.5 Å². The first-order chi connectivity index (χ1) is 9.82. The highest BCUT2D eigenvalue weighted by atomic mass is 16.5. The minimum Gasteiger partial charge on any atom is -0.493 e. The van der Waals surface area contributed by atoms with E-state index in [-0.39, 0.29) is 5.91 Å². The van der Waals surface area contributed by atoms with Crippen LogP contribution in [0.5, 0.6) is 11.5 Å². The molecule has 1 rings (SSSR count). The van der Waals surface area contributed by atoms with E-state index in [0.717, 1.165) is 12.1 Å². The maximum Gasteiger partial charge on any atom is 0.237 e. The van der Waals surface area contributed by atoms with Crippen molar-refractivity contribution < 1.29 is 14.3 Å². The zero-order chi connectivity index (χ0) is 16.0. The van der Waals surface area contributed by atoms with E-state index in [1.165, 1.54) is 0 Å². The third-order valence-electron chi connectivity index (χ3n) is 3.45. The molecule has 118 valence electrons. The Morgan fingerprint density at radius 3 is 2.38 bits per heavy atom. The SMILES string of the molecule is COc1ccc(CC(C)(NCC(C)C)C(N)=O)cc1OC. The van der Waals surface area contributed by atoms with Crippen LogP contribution >= 0.6 is 0 Å². The van der Waals surface area contributed by atoms with Gasteiger partial charge in [0.05, 0.1) is 19.8 Å². The van der Waals surface area contributed by atoms with Gasteiger partial charge in [0.2, 0.25) is 5.91 Å². The standard InChI is InChI=1S/C16H26N2O3/c1-11(2)10-18-16(3,15(17)19)9-12-6-7-13(20-4)14(8-12)21-5/h6-8,11,18H,9-10H2,1-5H3,(H2,17,19). The largest absolute Gasteiger partial charge is 0.493 e. The molecule has 5 nitrogen and oxygen atoms in total. The van der Waals surface area contributed by atoms with E-state index in [2.05, 4.69) is 19.2 Å². The highest BCUT2D eigenvalue weighted by molar-refractivity contribution is 5.84. The van der Waals surface area contributed by atoms with E-state index in [0.29, 0.717) is 23.8 Å². The first-order valence-electron chi connectivity index (χ1n) is 7.08. The van der Waals surface area contributed by atoms with Gasteiger partial charge in [-0.1, -0.05) is 19.9 Å². The normalized spacial score (nSPS) is 13.8. The van der Waals surface area contributed by atoms with Crippen LogP contribution in [-0.2, 0) is 11.2 Å². The second-order valence-corrected chi connectivity index (χ2v) is 5.84. The van der Waals surface area contributed by atoms with Crippen molar-refractivity contribution in [2.45, 2.75) is 32.7 Å². The van der Waals surface area contributed by atoms with Crippen LogP contribution in [0.4, 0.5) is 0 Å². The quantitative estimate of drug-likeness (QED) is 0.766. The number of nitrogens with two attached hydrogens (primary N) is 1. The monoisotopic (exact) mass is 294 g/mol. The van der Waals surface area contributed by atoms with Gasteiger partial charge in [0.25, 0.3) is 0 Å². The van der Waals surface area contributed by atoms with Crippen LogP contribution in [0.3, 0.4) is 0 Å². The van der Waals surface area contributed by atoms with Gasteiger partial charge in [0.15, 0.2) is 11.5 Å². The van der Waals surface area contributed by atoms with Crippen molar-refractivity contribution in [3.8, 4) is 11.5 Å². The molecule has 1 aromatic rings. The summed E-state index contributed by atoms with van der Waals surface area (Å²) >= 11 is 0. The highest BCUT2D eigenvalue weighted by Gasteiger charge is 2.31. The van der Waals surface area contributed by atoms with E-state index in [4.69, 9.17) is 15.2 Å². The van der Waals surface area contributed by atoms with Gasteiger partial charge in [-0.3, -0.25) is 4.79 Å². The number of methoxy groups -OCH3 is 2. The van der Waals surface area contributed by atoms with Crippen molar-refractivity contribution in [3.05, 3.63) is 23.8 Å². The molecular weight excluding hydrogens is 268 g/mol. The fourth-order valence-corrected chi connectivity index (χ4v) is 2.06. The number of benzene rings is 1. The van der Waals surface area contributed by atoms with Gasteiger partial charge in [-0.15, -0.1) is 0 Å². The van der Waals surface area contributed by atoms with Gasteiger partial charge in [0.1, 0.15) is 0 Å². The summed E-state index contributed by atoms with van der Waals surface area (Å²) in [6, 6.07) is 5.62. The highest BCUT2D eigenvalue weighted by Crippen LogP contribution is 2.29. The van der Waals surface area contributed by atoms with E-state index in [1.54, 1.807) is 14.2 Å². The summed E-state index contributed by atoms with van der Waals surface area (Å²) in [6.07, 6.45) is 0.495. The fraction of sp³-hybridized carbons (Fsp3) is 0.562. The predicted molar refractivity (Wildman–Crippen MR) is 83.7 cm³/mol. The van der Waals surface area contributed by atoms with E-state index < -0.39 is 5.54 Å². The predicted octanol–water partition coefficient (Wildman–Crippen LogP) is 1.74. The third-order valence-corrected chi connectivity index (χ3v) is 3.45. The van der Waals surface area contributed by atoms with Crippen LogP contribution in [0, 0.1) is 5.92 Å². The van der Waals surface area contributed by atoms with Gasteiger partial charge >= 0.3 is 0 Å². The maximum absolute atomic E-state index is 11.8. The summed E-state index contributed by atoms with van der Waals surface area (Å²) in [5.41, 5.74) is 5.75.